The van der Waals surface area contributed by atoms with Crippen molar-refractivity contribution in [3.05, 3.63) is 0 Å². The maximum atomic E-state index is 8.60. The van der Waals surface area contributed by atoms with E-state index in [1.807, 2.05) is 0 Å². The summed E-state index contributed by atoms with van der Waals surface area (Å²) in [7, 11) is 0. The minimum absolute atomic E-state index is 4.20. The fraction of sp³-hybridized carbons (Fsp3) is 0. The van der Waals surface area contributed by atoms with Crippen LogP contribution >= 0.6 is 0 Å². The molecule has 0 saturated heterocycles. The van der Waals surface area contributed by atoms with Crippen LogP contribution in [-0.4, -0.2) is 21.5 Å². The maximum absolute atomic E-state index is 8.60. The molecule has 0 bridgehead atoms. The summed E-state index contributed by atoms with van der Waals surface area (Å²) in [5.41, 5.74) is 0. The molecule has 0 aliphatic rings. The average Bonchev–Trinajstić information content (AvgIpc) is 0.811. The van der Waals surface area contributed by atoms with Crippen LogP contribution in [0.15, 0.2) is 0 Å². The van der Waals surface area contributed by atoms with Gasteiger partial charge in [0, 0.05) is 0 Å². The van der Waals surface area contributed by atoms with E-state index < -0.39 is 21.5 Å². The van der Waals surface area contributed by atoms with E-state index in [0.29, 0.717) is 0 Å². The first-order valence-corrected chi connectivity index (χ1v) is 3.67. The quantitative estimate of drug-likeness (QED) is 0.348. The molecule has 0 unspecified atom stereocenters. The van der Waals surface area contributed by atoms with Crippen molar-refractivity contribution >= 4 is 21.5 Å². The Balaban J connectivity index is 2.32. The van der Waals surface area contributed by atoms with Crippen molar-refractivity contribution in [3.63, 3.8) is 0 Å². The molecule has 4 heteroatoms. The molecule has 3 nitrogen and oxygen atoms in total. The number of hydrogen-bond acceptors (Lipinski definition) is 3. The summed E-state index contributed by atoms with van der Waals surface area (Å²) in [4.78, 5) is 0. The van der Waals surface area contributed by atoms with Crippen molar-refractivity contribution in [2.75, 3.05) is 0 Å². The molecule has 0 fully saturated rings. The van der Waals surface area contributed by atoms with Crippen molar-refractivity contribution in [2.24, 2.45) is 0 Å². The Morgan fingerprint density at radius 3 is 1.00 bits per heavy atom. The van der Waals surface area contributed by atoms with Crippen LogP contribution in [0.2, 0.25) is 0 Å². The van der Waals surface area contributed by atoms with Crippen LogP contribution in [0.5, 0.6) is 0 Å². The van der Waals surface area contributed by atoms with Gasteiger partial charge in [-0.3, -0.25) is 0 Å². The zero-order chi connectivity index (χ0) is 3.58. The van der Waals surface area contributed by atoms with Gasteiger partial charge in [-0.25, -0.2) is 0 Å². The van der Waals surface area contributed by atoms with Gasteiger partial charge in [-0.2, -0.15) is 0 Å². The molecule has 0 aromatic carbocycles. The second kappa shape index (κ2) is 1.97. The third-order valence-electron chi connectivity index (χ3n) is 0. The van der Waals surface area contributed by atoms with Gasteiger partial charge in [0.2, 0.25) is 0 Å². The first-order chi connectivity index (χ1) is 1.73. The fourth-order valence-corrected chi connectivity index (χ4v) is 0. The molecule has 26 valence electrons. The van der Waals surface area contributed by atoms with Crippen LogP contribution < -0.4 is 10.2 Å². The molecule has 0 N–H and O–H groups in total. The van der Waals surface area contributed by atoms with Crippen LogP contribution in [-0.2, 0) is 0 Å². The van der Waals surface area contributed by atoms with Crippen molar-refractivity contribution in [2.45, 2.75) is 0 Å². The minimum atomic E-state index is -4.20. The summed E-state index contributed by atoms with van der Waals surface area (Å²) in [5.74, 6) is 0. The van der Waals surface area contributed by atoms with Gasteiger partial charge < -0.3 is 0 Å². The van der Waals surface area contributed by atoms with E-state index in [0.717, 1.165) is 0 Å². The molecule has 4 heavy (non-hydrogen) atoms. The zero-order valence-corrected chi connectivity index (χ0v) is 4.22. The summed E-state index contributed by atoms with van der Waals surface area (Å²) in [6.45, 7) is 0. The first kappa shape index (κ1) is 4.70. The SMILES string of the molecule is [O-][Sb]([O-])[O-]. The predicted octanol–water partition coefficient (Wildman–Crippen LogP) is -3.95. The van der Waals surface area contributed by atoms with E-state index in [2.05, 4.69) is 0 Å². The van der Waals surface area contributed by atoms with Crippen molar-refractivity contribution < 1.29 is 10.2 Å². The van der Waals surface area contributed by atoms with Crippen LogP contribution in [0, 0.1) is 0 Å². The zero-order valence-electron chi connectivity index (χ0n) is 1.67. The monoisotopic (exact) mass is 169 g/mol. The molecule has 0 heterocycles. The molecule has 0 aliphatic heterocycles. The molecular formula is O3Sb-3. The van der Waals surface area contributed by atoms with Crippen LogP contribution in [0.1, 0.15) is 0 Å². The Kier molecular flexibility index (Phi) is 2.31. The van der Waals surface area contributed by atoms with Crippen LogP contribution in [0.25, 0.3) is 0 Å². The Morgan fingerprint density at radius 1 is 1.00 bits per heavy atom. The molecule has 0 amide bonds. The van der Waals surface area contributed by atoms with Crippen LogP contribution in [0.3, 0.4) is 0 Å². The second-order valence-electron chi connectivity index (χ2n) is 0.224. The van der Waals surface area contributed by atoms with Crippen LogP contribution in [0.4, 0.5) is 0 Å². The topological polar surface area (TPSA) is 69.2 Å². The molecule has 0 spiro atoms. The van der Waals surface area contributed by atoms with Gasteiger partial charge in [-0.05, 0) is 0 Å². The van der Waals surface area contributed by atoms with Gasteiger partial charge in [-0.15, -0.1) is 0 Å². The predicted molar refractivity (Wildman–Crippen MR) is 5.75 cm³/mol. The normalized spacial score (nSPS) is 9.00. The van der Waals surface area contributed by atoms with Crippen molar-refractivity contribution in [3.8, 4) is 0 Å². The third kappa shape index (κ3) is 16.0. The standard InChI is InChI=1S/3O.Sb/q3*-1;. The Hall–Kier alpha value is 0.698. The molecule has 0 rings (SSSR count). The fourth-order valence-electron chi connectivity index (χ4n) is 0. The Labute approximate surface area is 32.2 Å². The average molecular weight is 170 g/mol. The molecule has 0 saturated carbocycles. The van der Waals surface area contributed by atoms with E-state index >= 15 is 0 Å². The first-order valence-electron chi connectivity index (χ1n) is 0.548. The van der Waals surface area contributed by atoms with Crippen molar-refractivity contribution in [1.29, 1.82) is 0 Å². The second-order valence-corrected chi connectivity index (χ2v) is 1.50. The van der Waals surface area contributed by atoms with E-state index in [1.165, 1.54) is 0 Å². The summed E-state index contributed by atoms with van der Waals surface area (Å²) in [5, 5.41) is 0. The third-order valence-corrected chi connectivity index (χ3v) is 0. The van der Waals surface area contributed by atoms with E-state index in [-0.39, 0.29) is 0 Å². The molecule has 0 aromatic heterocycles. The Bertz CT molecular complexity index is 8.00. The molecule has 0 aliphatic carbocycles. The molecular weight excluding hydrogens is 170 g/mol. The van der Waals surface area contributed by atoms with Gasteiger partial charge in [-0.1, -0.05) is 0 Å². The number of rotatable bonds is 0. The molecule has 0 radical (unpaired) electrons. The molecule has 0 aromatic rings. The van der Waals surface area contributed by atoms with E-state index in [9.17, 15) is 0 Å². The van der Waals surface area contributed by atoms with Gasteiger partial charge >= 0.3 is 31.6 Å². The van der Waals surface area contributed by atoms with Crippen molar-refractivity contribution in [1.82, 2.24) is 0 Å². The summed E-state index contributed by atoms with van der Waals surface area (Å²) < 4.78 is 25.8. The van der Waals surface area contributed by atoms with Gasteiger partial charge in [0.1, 0.15) is 0 Å². The van der Waals surface area contributed by atoms with Gasteiger partial charge in [0.25, 0.3) is 0 Å². The summed E-state index contributed by atoms with van der Waals surface area (Å²) in [6.07, 6.45) is 0. The van der Waals surface area contributed by atoms with Gasteiger partial charge in [0.15, 0.2) is 0 Å². The number of hydrogen-bond donors (Lipinski definition) is 0. The summed E-state index contributed by atoms with van der Waals surface area (Å²) in [6, 6.07) is 0. The van der Waals surface area contributed by atoms with E-state index in [4.69, 9.17) is 10.2 Å². The Morgan fingerprint density at radius 2 is 1.00 bits per heavy atom. The van der Waals surface area contributed by atoms with E-state index in [1.54, 1.807) is 0 Å². The summed E-state index contributed by atoms with van der Waals surface area (Å²) >= 11 is -4.20. The molecule has 0 atom stereocenters. The van der Waals surface area contributed by atoms with Gasteiger partial charge in [0.05, 0.1) is 0 Å².